The lowest BCUT2D eigenvalue weighted by Crippen LogP contribution is -2.58. The van der Waals surface area contributed by atoms with Crippen LogP contribution in [0.5, 0.6) is 0 Å². The van der Waals surface area contributed by atoms with Gasteiger partial charge in [0.1, 0.15) is 5.78 Å². The summed E-state index contributed by atoms with van der Waals surface area (Å²) in [6.45, 7) is 6.35. The van der Waals surface area contributed by atoms with Gasteiger partial charge >= 0.3 is 13.8 Å². The van der Waals surface area contributed by atoms with Gasteiger partial charge in [-0.2, -0.15) is 13.2 Å². The molecule has 0 fully saturated rings. The highest BCUT2D eigenvalue weighted by molar-refractivity contribution is 7.54. The van der Waals surface area contributed by atoms with E-state index in [1.807, 2.05) is 0 Å². The summed E-state index contributed by atoms with van der Waals surface area (Å²) < 4.78 is 70.4. The Morgan fingerprint density at radius 2 is 1.61 bits per heavy atom. The van der Waals surface area contributed by atoms with E-state index in [4.69, 9.17) is 13.8 Å². The quantitative estimate of drug-likeness (QED) is 0.561. The van der Waals surface area contributed by atoms with Crippen LogP contribution < -0.4 is 5.32 Å². The van der Waals surface area contributed by atoms with E-state index in [2.05, 4.69) is 5.32 Å². The number of alkyl halides is 3. The molecule has 1 rings (SSSR count). The van der Waals surface area contributed by atoms with Gasteiger partial charge in [0.15, 0.2) is 0 Å². The summed E-state index contributed by atoms with van der Waals surface area (Å²) in [4.78, 5) is 12.9. The van der Waals surface area contributed by atoms with Crippen LogP contribution in [0.2, 0.25) is 0 Å². The van der Waals surface area contributed by atoms with E-state index in [0.29, 0.717) is 0 Å². The zero-order chi connectivity index (χ0) is 21.6. The number of nitrogens with one attached hydrogen (secondary N) is 1. The third kappa shape index (κ3) is 4.95. The maximum Gasteiger partial charge on any atom is 0.430 e. The van der Waals surface area contributed by atoms with Gasteiger partial charge in [0.05, 0.1) is 13.2 Å². The summed E-state index contributed by atoms with van der Waals surface area (Å²) in [5, 5.41) is 2.23. The van der Waals surface area contributed by atoms with Crippen molar-refractivity contribution in [3.63, 3.8) is 0 Å². The second-order valence-corrected chi connectivity index (χ2v) is 8.44. The van der Waals surface area contributed by atoms with E-state index in [1.165, 1.54) is 18.2 Å². The van der Waals surface area contributed by atoms with Crippen LogP contribution in [-0.4, -0.2) is 38.2 Å². The average molecular weight is 425 g/mol. The first-order valence-electron chi connectivity index (χ1n) is 8.87. The average Bonchev–Trinajstić information content (AvgIpc) is 2.60. The summed E-state index contributed by atoms with van der Waals surface area (Å²) in [6.07, 6.45) is -5.07. The Kier molecular flexibility index (Phi) is 8.68. The molecule has 0 heterocycles. The number of ether oxygens (including phenoxy) is 1. The van der Waals surface area contributed by atoms with E-state index in [0.717, 1.165) is 19.2 Å². The molecule has 0 unspecified atom stereocenters. The van der Waals surface area contributed by atoms with Gasteiger partial charge < -0.3 is 19.1 Å². The van der Waals surface area contributed by atoms with Crippen molar-refractivity contribution < 1.29 is 36.3 Å². The largest absolute Gasteiger partial charge is 0.430 e. The molecule has 0 bridgehead atoms. The highest BCUT2D eigenvalue weighted by atomic mass is 31.2. The fourth-order valence-electron chi connectivity index (χ4n) is 2.83. The molecule has 1 aromatic rings. The first-order valence-corrected chi connectivity index (χ1v) is 10.5. The minimum Gasteiger partial charge on any atom is -0.356 e. The van der Waals surface area contributed by atoms with Crippen molar-refractivity contribution >= 4 is 13.5 Å². The number of hydrogen-bond acceptors (Lipinski definition) is 5. The van der Waals surface area contributed by atoms with E-state index < -0.39 is 42.5 Å². The predicted molar refractivity (Wildman–Crippen MR) is 98.8 cm³/mol. The lowest BCUT2D eigenvalue weighted by Gasteiger charge is -2.36. The Labute approximate surface area is 163 Å². The Bertz CT molecular complexity index is 674. The van der Waals surface area contributed by atoms with Crippen LogP contribution in [0.1, 0.15) is 33.3 Å². The van der Waals surface area contributed by atoms with Gasteiger partial charge in [0.2, 0.25) is 0 Å². The van der Waals surface area contributed by atoms with Crippen molar-refractivity contribution in [1.82, 2.24) is 5.32 Å². The molecule has 0 aliphatic carbocycles. The molecule has 0 saturated heterocycles. The minimum atomic E-state index is -5.07. The second kappa shape index (κ2) is 9.87. The molecule has 10 heteroatoms. The number of methoxy groups -OCH3 is 1. The summed E-state index contributed by atoms with van der Waals surface area (Å²) >= 11 is 0. The monoisotopic (exact) mass is 425 g/mol. The van der Waals surface area contributed by atoms with Crippen molar-refractivity contribution in [2.75, 3.05) is 20.3 Å². The Morgan fingerprint density at radius 1 is 1.11 bits per heavy atom. The van der Waals surface area contributed by atoms with Gasteiger partial charge in [0, 0.05) is 12.7 Å². The molecule has 0 radical (unpaired) electrons. The molecule has 6 nitrogen and oxygen atoms in total. The summed E-state index contributed by atoms with van der Waals surface area (Å²) in [5.41, 5.74) is -3.67. The van der Waals surface area contributed by atoms with Crippen molar-refractivity contribution in [2.45, 2.75) is 45.3 Å². The van der Waals surface area contributed by atoms with E-state index >= 15 is 0 Å². The second-order valence-electron chi connectivity index (χ2n) is 6.29. The van der Waals surface area contributed by atoms with Crippen LogP contribution >= 0.6 is 7.60 Å². The van der Waals surface area contributed by atoms with E-state index in [9.17, 15) is 22.5 Å². The van der Waals surface area contributed by atoms with Crippen LogP contribution in [0.15, 0.2) is 30.3 Å². The zero-order valence-electron chi connectivity index (χ0n) is 16.6. The number of carbonyl (C=O) groups excluding carboxylic acids is 1. The molecular formula is C18H27F3NO5P. The summed E-state index contributed by atoms with van der Waals surface area (Å²) in [6, 6.07) is 6.55. The smallest absolute Gasteiger partial charge is 0.356 e. The van der Waals surface area contributed by atoms with Crippen LogP contribution in [0.4, 0.5) is 13.2 Å². The molecule has 1 aromatic carbocycles. The maximum atomic E-state index is 14.0. The Hall–Kier alpha value is -1.41. The SMILES string of the molecule is CCOP(=O)(OCC)[C@@H](NC(=O)[C@](OC)(c1ccccc1)C(F)(F)F)C(C)C. The molecule has 0 aromatic heterocycles. The maximum absolute atomic E-state index is 14.0. The van der Waals surface area contributed by atoms with Crippen molar-refractivity contribution in [1.29, 1.82) is 0 Å². The zero-order valence-corrected chi connectivity index (χ0v) is 17.5. The molecular weight excluding hydrogens is 398 g/mol. The summed E-state index contributed by atoms with van der Waals surface area (Å²) in [5.74, 6) is -3.32. The molecule has 160 valence electrons. The molecule has 0 aliphatic rings. The van der Waals surface area contributed by atoms with Gasteiger partial charge in [0.25, 0.3) is 11.5 Å². The van der Waals surface area contributed by atoms with Crippen LogP contribution in [0.3, 0.4) is 0 Å². The van der Waals surface area contributed by atoms with Crippen LogP contribution in [0, 0.1) is 5.92 Å². The molecule has 0 aliphatic heterocycles. The third-order valence-corrected chi connectivity index (χ3v) is 6.72. The van der Waals surface area contributed by atoms with E-state index in [1.54, 1.807) is 27.7 Å². The highest BCUT2D eigenvalue weighted by Gasteiger charge is 2.63. The Balaban J connectivity index is 3.44. The first-order chi connectivity index (χ1) is 13.0. The number of halogens is 3. The Morgan fingerprint density at radius 3 is 1.96 bits per heavy atom. The van der Waals surface area contributed by atoms with Gasteiger partial charge in [-0.1, -0.05) is 44.2 Å². The van der Waals surface area contributed by atoms with Gasteiger partial charge in [-0.3, -0.25) is 9.36 Å². The molecule has 2 atom stereocenters. The van der Waals surface area contributed by atoms with Crippen molar-refractivity contribution in [3.05, 3.63) is 35.9 Å². The standard InChI is InChI=1S/C18H27F3NO5P/c1-6-26-28(24,27-7-2)15(13(3)4)22-16(23)17(25-5,18(19,20)21)14-11-9-8-10-12-14/h8-13,15H,6-7H2,1-5H3,(H,22,23)/t15-,17-/m1/s1. The lowest BCUT2D eigenvalue weighted by atomic mass is 9.91. The summed E-state index contributed by atoms with van der Waals surface area (Å²) in [7, 11) is -3.12. The predicted octanol–water partition coefficient (Wildman–Crippen LogP) is 4.46. The minimum absolute atomic E-state index is 0.00372. The number of amides is 1. The van der Waals surface area contributed by atoms with Gasteiger partial charge in [-0.15, -0.1) is 0 Å². The molecule has 0 spiro atoms. The fourth-order valence-corrected chi connectivity index (χ4v) is 4.95. The third-order valence-electron chi connectivity index (χ3n) is 4.07. The topological polar surface area (TPSA) is 73.9 Å². The molecule has 1 amide bonds. The molecule has 1 N–H and O–H groups in total. The normalized spacial score (nSPS) is 15.9. The van der Waals surface area contributed by atoms with E-state index in [-0.39, 0.29) is 13.2 Å². The van der Waals surface area contributed by atoms with Crippen molar-refractivity contribution in [3.8, 4) is 0 Å². The number of carbonyl (C=O) groups is 1. The van der Waals surface area contributed by atoms with Crippen LogP contribution in [-0.2, 0) is 28.7 Å². The number of rotatable bonds is 10. The first kappa shape index (κ1) is 24.6. The lowest BCUT2D eigenvalue weighted by molar-refractivity contribution is -0.266. The molecule has 0 saturated carbocycles. The van der Waals surface area contributed by atoms with Gasteiger partial charge in [-0.25, -0.2) is 0 Å². The van der Waals surface area contributed by atoms with Crippen molar-refractivity contribution in [2.24, 2.45) is 5.92 Å². The van der Waals surface area contributed by atoms with Crippen LogP contribution in [0.25, 0.3) is 0 Å². The number of hydrogen-bond donors (Lipinski definition) is 1. The highest BCUT2D eigenvalue weighted by Crippen LogP contribution is 2.55. The van der Waals surface area contributed by atoms with Gasteiger partial charge in [-0.05, 0) is 19.8 Å². The molecule has 28 heavy (non-hydrogen) atoms. The number of benzene rings is 1. The fraction of sp³-hybridized carbons (Fsp3) is 0.611.